The minimum absolute atomic E-state index is 0.547. The number of nitrogens with one attached hydrogen (secondary N) is 1. The first-order valence-corrected chi connectivity index (χ1v) is 5.54. The van der Waals surface area contributed by atoms with Gasteiger partial charge in [0.05, 0.1) is 13.2 Å². The van der Waals surface area contributed by atoms with Crippen molar-refractivity contribution in [3.63, 3.8) is 0 Å². The molecule has 0 fully saturated rings. The molecule has 90 valence electrons. The quantitative estimate of drug-likeness (QED) is 0.859. The Hall–Kier alpha value is -2.04. The van der Waals surface area contributed by atoms with Crippen molar-refractivity contribution in [2.24, 2.45) is 0 Å². The standard InChI is InChI=1S/C12H15N3O2/c1-3-16-11-6-4-10(5-7-11)13-8-12-14-9(2)17-15-12/h4-7,13H,3,8H2,1-2H3. The van der Waals surface area contributed by atoms with E-state index < -0.39 is 0 Å². The number of anilines is 1. The number of rotatable bonds is 5. The second-order valence-electron chi connectivity index (χ2n) is 3.54. The van der Waals surface area contributed by atoms with Crippen molar-refractivity contribution in [3.8, 4) is 5.75 Å². The van der Waals surface area contributed by atoms with Crippen LogP contribution in [0.2, 0.25) is 0 Å². The fraction of sp³-hybridized carbons (Fsp3) is 0.333. The molecule has 17 heavy (non-hydrogen) atoms. The molecule has 1 heterocycles. The molecule has 1 aromatic heterocycles. The molecule has 2 aromatic rings. The lowest BCUT2D eigenvalue weighted by Gasteiger charge is -2.05. The third kappa shape index (κ3) is 3.21. The topological polar surface area (TPSA) is 60.2 Å². The summed E-state index contributed by atoms with van der Waals surface area (Å²) in [4.78, 5) is 4.11. The second kappa shape index (κ2) is 5.34. The van der Waals surface area contributed by atoms with Crippen molar-refractivity contribution < 1.29 is 9.26 Å². The zero-order valence-electron chi connectivity index (χ0n) is 9.93. The third-order valence-corrected chi connectivity index (χ3v) is 2.19. The number of hydrogen-bond donors (Lipinski definition) is 1. The van der Waals surface area contributed by atoms with E-state index in [1.807, 2.05) is 31.2 Å². The monoisotopic (exact) mass is 233 g/mol. The van der Waals surface area contributed by atoms with Crippen molar-refractivity contribution in [2.45, 2.75) is 20.4 Å². The van der Waals surface area contributed by atoms with Crippen LogP contribution in [0.25, 0.3) is 0 Å². The Morgan fingerprint density at radius 3 is 2.65 bits per heavy atom. The summed E-state index contributed by atoms with van der Waals surface area (Å²) in [6, 6.07) is 7.76. The molecule has 0 aliphatic rings. The van der Waals surface area contributed by atoms with Crippen LogP contribution in [-0.4, -0.2) is 16.7 Å². The summed E-state index contributed by atoms with van der Waals surface area (Å²) in [6.07, 6.45) is 0. The van der Waals surface area contributed by atoms with Gasteiger partial charge in [0.15, 0.2) is 5.82 Å². The number of ether oxygens (including phenoxy) is 1. The van der Waals surface area contributed by atoms with E-state index in [2.05, 4.69) is 15.5 Å². The van der Waals surface area contributed by atoms with Gasteiger partial charge in [-0.1, -0.05) is 5.16 Å². The minimum atomic E-state index is 0.547. The Bertz CT molecular complexity index is 465. The van der Waals surface area contributed by atoms with Crippen molar-refractivity contribution in [2.75, 3.05) is 11.9 Å². The number of aromatic nitrogens is 2. The molecule has 0 spiro atoms. The van der Waals surface area contributed by atoms with Crippen molar-refractivity contribution in [3.05, 3.63) is 36.0 Å². The highest BCUT2D eigenvalue weighted by Crippen LogP contribution is 2.15. The molecule has 0 radical (unpaired) electrons. The average Bonchev–Trinajstić information content (AvgIpc) is 2.75. The number of aryl methyl sites for hydroxylation is 1. The van der Waals surface area contributed by atoms with Crippen LogP contribution in [0.3, 0.4) is 0 Å². The maximum Gasteiger partial charge on any atom is 0.223 e. The maximum atomic E-state index is 5.36. The average molecular weight is 233 g/mol. The number of benzene rings is 1. The first kappa shape index (κ1) is 11.4. The third-order valence-electron chi connectivity index (χ3n) is 2.19. The van der Waals surface area contributed by atoms with Crippen LogP contribution in [0.1, 0.15) is 18.6 Å². The van der Waals surface area contributed by atoms with Gasteiger partial charge < -0.3 is 14.6 Å². The van der Waals surface area contributed by atoms with E-state index in [9.17, 15) is 0 Å². The number of hydrogen-bond acceptors (Lipinski definition) is 5. The van der Waals surface area contributed by atoms with Crippen molar-refractivity contribution >= 4 is 5.69 Å². The van der Waals surface area contributed by atoms with Gasteiger partial charge in [-0.3, -0.25) is 0 Å². The van der Waals surface area contributed by atoms with Gasteiger partial charge in [-0.05, 0) is 31.2 Å². The minimum Gasteiger partial charge on any atom is -0.494 e. The summed E-state index contributed by atoms with van der Waals surface area (Å²) in [5.41, 5.74) is 0.996. The van der Waals surface area contributed by atoms with Crippen LogP contribution in [0.5, 0.6) is 5.75 Å². The van der Waals surface area contributed by atoms with Crippen LogP contribution in [0, 0.1) is 6.92 Å². The second-order valence-corrected chi connectivity index (χ2v) is 3.54. The largest absolute Gasteiger partial charge is 0.494 e. The van der Waals surface area contributed by atoms with Gasteiger partial charge in [0.1, 0.15) is 5.75 Å². The zero-order chi connectivity index (χ0) is 12.1. The highest BCUT2D eigenvalue weighted by molar-refractivity contribution is 5.46. The van der Waals surface area contributed by atoms with E-state index in [4.69, 9.17) is 9.26 Å². The molecule has 0 aliphatic carbocycles. The fourth-order valence-electron chi connectivity index (χ4n) is 1.43. The van der Waals surface area contributed by atoms with Crippen LogP contribution < -0.4 is 10.1 Å². The van der Waals surface area contributed by atoms with E-state index >= 15 is 0 Å². The Morgan fingerprint density at radius 2 is 2.06 bits per heavy atom. The van der Waals surface area contributed by atoms with Gasteiger partial charge in [0.25, 0.3) is 0 Å². The fourth-order valence-corrected chi connectivity index (χ4v) is 1.43. The van der Waals surface area contributed by atoms with E-state index in [0.717, 1.165) is 11.4 Å². The van der Waals surface area contributed by atoms with Gasteiger partial charge in [-0.25, -0.2) is 0 Å². The van der Waals surface area contributed by atoms with E-state index in [-0.39, 0.29) is 0 Å². The van der Waals surface area contributed by atoms with E-state index in [0.29, 0.717) is 24.9 Å². The first-order chi connectivity index (χ1) is 8.28. The maximum absolute atomic E-state index is 5.36. The predicted molar refractivity (Wildman–Crippen MR) is 64.0 cm³/mol. The molecule has 1 aromatic carbocycles. The Balaban J connectivity index is 1.90. The van der Waals surface area contributed by atoms with Crippen LogP contribution >= 0.6 is 0 Å². The highest BCUT2D eigenvalue weighted by atomic mass is 16.5. The summed E-state index contributed by atoms with van der Waals surface area (Å²) in [6.45, 7) is 4.96. The SMILES string of the molecule is CCOc1ccc(NCc2noc(C)n2)cc1. The smallest absolute Gasteiger partial charge is 0.223 e. The molecule has 5 nitrogen and oxygen atoms in total. The highest BCUT2D eigenvalue weighted by Gasteiger charge is 2.01. The van der Waals surface area contributed by atoms with Gasteiger partial charge in [0, 0.05) is 12.6 Å². The first-order valence-electron chi connectivity index (χ1n) is 5.54. The summed E-state index contributed by atoms with van der Waals surface area (Å²) in [5, 5.41) is 7.01. The molecule has 5 heteroatoms. The zero-order valence-corrected chi connectivity index (χ0v) is 9.93. The van der Waals surface area contributed by atoms with Crippen molar-refractivity contribution in [1.82, 2.24) is 10.1 Å². The molecule has 0 saturated heterocycles. The molecule has 0 atom stereocenters. The lowest BCUT2D eigenvalue weighted by atomic mass is 10.3. The molecule has 0 saturated carbocycles. The van der Waals surface area contributed by atoms with E-state index in [1.165, 1.54) is 0 Å². The molecule has 2 rings (SSSR count). The van der Waals surface area contributed by atoms with Crippen LogP contribution in [0.15, 0.2) is 28.8 Å². The molecule has 1 N–H and O–H groups in total. The van der Waals surface area contributed by atoms with Gasteiger partial charge in [-0.15, -0.1) is 0 Å². The van der Waals surface area contributed by atoms with Crippen LogP contribution in [0.4, 0.5) is 5.69 Å². The lowest BCUT2D eigenvalue weighted by molar-refractivity contribution is 0.340. The van der Waals surface area contributed by atoms with Gasteiger partial charge in [-0.2, -0.15) is 4.98 Å². The van der Waals surface area contributed by atoms with Gasteiger partial charge >= 0.3 is 0 Å². The molecule has 0 unspecified atom stereocenters. The molecular weight excluding hydrogens is 218 g/mol. The van der Waals surface area contributed by atoms with Gasteiger partial charge in [0.2, 0.25) is 5.89 Å². The van der Waals surface area contributed by atoms with E-state index in [1.54, 1.807) is 6.92 Å². The Kier molecular flexibility index (Phi) is 3.59. The van der Waals surface area contributed by atoms with Crippen LogP contribution in [-0.2, 0) is 6.54 Å². The normalized spacial score (nSPS) is 10.2. The summed E-state index contributed by atoms with van der Waals surface area (Å²) in [7, 11) is 0. The molecule has 0 aliphatic heterocycles. The lowest BCUT2D eigenvalue weighted by Crippen LogP contribution is -2.01. The Morgan fingerprint density at radius 1 is 1.29 bits per heavy atom. The number of nitrogens with zero attached hydrogens (tertiary/aromatic N) is 2. The molecular formula is C12H15N3O2. The summed E-state index contributed by atoms with van der Waals surface area (Å²) < 4.78 is 10.2. The summed E-state index contributed by atoms with van der Waals surface area (Å²) in [5.74, 6) is 2.10. The van der Waals surface area contributed by atoms with Crippen molar-refractivity contribution in [1.29, 1.82) is 0 Å². The summed E-state index contributed by atoms with van der Waals surface area (Å²) >= 11 is 0. The molecule has 0 amide bonds. The predicted octanol–water partition coefficient (Wildman–Crippen LogP) is 2.39. The molecule has 0 bridgehead atoms. The Labute approximate surface area is 99.8 Å².